The van der Waals surface area contributed by atoms with E-state index in [1.807, 2.05) is 32.0 Å². The molecule has 2 aromatic carbocycles. The molecule has 2 rings (SSSR count). The molecule has 1 amide bonds. The quantitative estimate of drug-likeness (QED) is 0.655. The molecule has 116 valence electrons. The van der Waals surface area contributed by atoms with Crippen LogP contribution in [0.3, 0.4) is 0 Å². The van der Waals surface area contributed by atoms with Gasteiger partial charge in [0.1, 0.15) is 17.4 Å². The minimum atomic E-state index is -0.546. The minimum absolute atomic E-state index is 0.0545. The maximum absolute atomic E-state index is 12.2. The molecule has 0 radical (unpaired) electrons. The fourth-order valence-corrected chi connectivity index (χ4v) is 2.14. The Hall–Kier alpha value is -2.77. The van der Waals surface area contributed by atoms with E-state index in [1.54, 1.807) is 6.07 Å². The molecule has 0 fully saturated rings. The van der Waals surface area contributed by atoms with Crippen molar-refractivity contribution >= 4 is 29.3 Å². The van der Waals surface area contributed by atoms with E-state index in [-0.39, 0.29) is 11.3 Å². The van der Waals surface area contributed by atoms with Crippen molar-refractivity contribution in [3.8, 4) is 11.8 Å². The molecule has 0 unspecified atom stereocenters. The van der Waals surface area contributed by atoms with E-state index in [4.69, 9.17) is 11.6 Å². The standard InChI is InChI=1S/C18H15ClN2O2/c1-11-3-5-16(7-12(11)2)21-18(23)14(10-20)8-13-9-15(19)4-6-17(13)22/h3-9,22H,1-2H3,(H,21,23)/b14-8+. The number of hydrogen-bond acceptors (Lipinski definition) is 3. The summed E-state index contributed by atoms with van der Waals surface area (Å²) >= 11 is 5.86. The van der Waals surface area contributed by atoms with Gasteiger partial charge in [-0.15, -0.1) is 0 Å². The maximum atomic E-state index is 12.2. The molecule has 4 nitrogen and oxygen atoms in total. The van der Waals surface area contributed by atoms with Crippen LogP contribution in [0.1, 0.15) is 16.7 Å². The molecule has 0 saturated heterocycles. The van der Waals surface area contributed by atoms with E-state index in [0.29, 0.717) is 16.3 Å². The van der Waals surface area contributed by atoms with Crippen LogP contribution in [0, 0.1) is 25.2 Å². The number of rotatable bonds is 3. The summed E-state index contributed by atoms with van der Waals surface area (Å²) in [5.74, 6) is -0.601. The van der Waals surface area contributed by atoms with Crippen LogP contribution >= 0.6 is 11.6 Å². The van der Waals surface area contributed by atoms with E-state index in [1.165, 1.54) is 24.3 Å². The molecule has 2 N–H and O–H groups in total. The molecule has 0 aromatic heterocycles. The van der Waals surface area contributed by atoms with Gasteiger partial charge in [-0.25, -0.2) is 0 Å². The number of anilines is 1. The predicted molar refractivity (Wildman–Crippen MR) is 91.3 cm³/mol. The first kappa shape index (κ1) is 16.6. The number of phenolic OH excluding ortho intramolecular Hbond substituents is 1. The molecule has 0 aliphatic heterocycles. The van der Waals surface area contributed by atoms with Gasteiger partial charge in [0.05, 0.1) is 0 Å². The van der Waals surface area contributed by atoms with Crippen LogP contribution in [0.5, 0.6) is 5.75 Å². The van der Waals surface area contributed by atoms with Crippen LogP contribution in [0.15, 0.2) is 42.0 Å². The van der Waals surface area contributed by atoms with Gasteiger partial charge < -0.3 is 10.4 Å². The van der Waals surface area contributed by atoms with Gasteiger partial charge in [0.2, 0.25) is 0 Å². The largest absolute Gasteiger partial charge is 0.507 e. The summed E-state index contributed by atoms with van der Waals surface area (Å²) in [7, 11) is 0. The summed E-state index contributed by atoms with van der Waals surface area (Å²) in [6.07, 6.45) is 1.30. The molecular weight excluding hydrogens is 312 g/mol. The number of nitrogens with zero attached hydrogens (tertiary/aromatic N) is 1. The first-order valence-electron chi connectivity index (χ1n) is 6.89. The topological polar surface area (TPSA) is 73.1 Å². The summed E-state index contributed by atoms with van der Waals surface area (Å²) < 4.78 is 0. The molecule has 0 atom stereocenters. The minimum Gasteiger partial charge on any atom is -0.507 e. The highest BCUT2D eigenvalue weighted by Gasteiger charge is 2.11. The van der Waals surface area contributed by atoms with Crippen molar-refractivity contribution < 1.29 is 9.90 Å². The maximum Gasteiger partial charge on any atom is 0.266 e. The fraction of sp³-hybridized carbons (Fsp3) is 0.111. The zero-order chi connectivity index (χ0) is 17.0. The van der Waals surface area contributed by atoms with E-state index < -0.39 is 5.91 Å². The number of amides is 1. The number of aromatic hydroxyl groups is 1. The second kappa shape index (κ2) is 6.99. The molecule has 23 heavy (non-hydrogen) atoms. The molecule has 0 saturated carbocycles. The Balaban J connectivity index is 2.28. The van der Waals surface area contributed by atoms with Crippen molar-refractivity contribution in [3.05, 3.63) is 63.7 Å². The number of aryl methyl sites for hydroxylation is 2. The lowest BCUT2D eigenvalue weighted by Crippen LogP contribution is -2.13. The van der Waals surface area contributed by atoms with Gasteiger partial charge in [0.25, 0.3) is 5.91 Å². The first-order chi connectivity index (χ1) is 10.9. The second-order valence-electron chi connectivity index (χ2n) is 5.13. The van der Waals surface area contributed by atoms with Crippen LogP contribution in [-0.4, -0.2) is 11.0 Å². The number of hydrogen-bond donors (Lipinski definition) is 2. The molecule has 2 aromatic rings. The van der Waals surface area contributed by atoms with Gasteiger partial charge in [-0.3, -0.25) is 4.79 Å². The van der Waals surface area contributed by atoms with Crippen molar-refractivity contribution in [2.45, 2.75) is 13.8 Å². The van der Waals surface area contributed by atoms with Gasteiger partial charge in [-0.05, 0) is 61.4 Å². The van der Waals surface area contributed by atoms with Crippen molar-refractivity contribution in [2.24, 2.45) is 0 Å². The number of nitrogens with one attached hydrogen (secondary N) is 1. The van der Waals surface area contributed by atoms with E-state index in [9.17, 15) is 15.2 Å². The first-order valence-corrected chi connectivity index (χ1v) is 7.27. The Morgan fingerprint density at radius 1 is 1.22 bits per heavy atom. The third-order valence-electron chi connectivity index (χ3n) is 3.42. The number of nitriles is 1. The molecule has 0 heterocycles. The Bertz CT molecular complexity index is 835. The van der Waals surface area contributed by atoms with Crippen LogP contribution in [-0.2, 0) is 4.79 Å². The van der Waals surface area contributed by atoms with Crippen molar-refractivity contribution in [1.82, 2.24) is 0 Å². The Kier molecular flexibility index (Phi) is 5.05. The van der Waals surface area contributed by atoms with Gasteiger partial charge in [0, 0.05) is 16.3 Å². The Labute approximate surface area is 139 Å². The number of carbonyl (C=O) groups excluding carboxylic acids is 1. The number of benzene rings is 2. The van der Waals surface area contributed by atoms with Crippen molar-refractivity contribution in [1.29, 1.82) is 5.26 Å². The number of halogens is 1. The van der Waals surface area contributed by atoms with Crippen LogP contribution in [0.25, 0.3) is 6.08 Å². The SMILES string of the molecule is Cc1ccc(NC(=O)/C(C#N)=C/c2cc(Cl)ccc2O)cc1C. The monoisotopic (exact) mass is 326 g/mol. The molecular formula is C18H15ClN2O2. The van der Waals surface area contributed by atoms with Gasteiger partial charge in [-0.1, -0.05) is 17.7 Å². The normalized spacial score (nSPS) is 11.0. The summed E-state index contributed by atoms with van der Waals surface area (Å²) in [6, 6.07) is 11.7. The smallest absolute Gasteiger partial charge is 0.266 e. The Morgan fingerprint density at radius 2 is 1.96 bits per heavy atom. The molecule has 0 aliphatic rings. The summed E-state index contributed by atoms with van der Waals surface area (Å²) in [4.78, 5) is 12.2. The molecule has 0 spiro atoms. The van der Waals surface area contributed by atoms with Crippen molar-refractivity contribution in [2.75, 3.05) is 5.32 Å². The van der Waals surface area contributed by atoms with Gasteiger partial charge in [0.15, 0.2) is 0 Å². The second-order valence-corrected chi connectivity index (χ2v) is 5.56. The number of carbonyl (C=O) groups is 1. The fourth-order valence-electron chi connectivity index (χ4n) is 1.96. The average Bonchev–Trinajstić information content (AvgIpc) is 2.51. The average molecular weight is 327 g/mol. The van der Waals surface area contributed by atoms with Gasteiger partial charge >= 0.3 is 0 Å². The zero-order valence-corrected chi connectivity index (χ0v) is 13.5. The summed E-state index contributed by atoms with van der Waals surface area (Å²) in [5, 5.41) is 22.0. The van der Waals surface area contributed by atoms with Crippen LogP contribution < -0.4 is 5.32 Å². The van der Waals surface area contributed by atoms with E-state index in [0.717, 1.165) is 11.1 Å². The summed E-state index contributed by atoms with van der Waals surface area (Å²) in [6.45, 7) is 3.92. The van der Waals surface area contributed by atoms with Crippen LogP contribution in [0.2, 0.25) is 5.02 Å². The molecule has 0 aliphatic carbocycles. The van der Waals surface area contributed by atoms with Crippen LogP contribution in [0.4, 0.5) is 5.69 Å². The highest BCUT2D eigenvalue weighted by molar-refractivity contribution is 6.30. The molecule has 5 heteroatoms. The zero-order valence-electron chi connectivity index (χ0n) is 12.7. The highest BCUT2D eigenvalue weighted by Crippen LogP contribution is 2.24. The summed E-state index contributed by atoms with van der Waals surface area (Å²) in [5.41, 5.74) is 2.94. The molecule has 0 bridgehead atoms. The van der Waals surface area contributed by atoms with E-state index in [2.05, 4.69) is 5.32 Å². The van der Waals surface area contributed by atoms with E-state index >= 15 is 0 Å². The lowest BCUT2D eigenvalue weighted by atomic mass is 10.1. The van der Waals surface area contributed by atoms with Gasteiger partial charge in [-0.2, -0.15) is 5.26 Å². The lowest BCUT2D eigenvalue weighted by Gasteiger charge is -2.07. The third kappa shape index (κ3) is 4.12. The predicted octanol–water partition coefficient (Wildman–Crippen LogP) is 4.21. The third-order valence-corrected chi connectivity index (χ3v) is 3.65. The highest BCUT2D eigenvalue weighted by atomic mass is 35.5. The lowest BCUT2D eigenvalue weighted by molar-refractivity contribution is -0.112. The number of phenols is 1. The van der Waals surface area contributed by atoms with Crippen molar-refractivity contribution in [3.63, 3.8) is 0 Å². The Morgan fingerprint density at radius 3 is 2.61 bits per heavy atom.